The molecule has 86 valence electrons. The molecule has 2 bridgehead atoms. The van der Waals surface area contributed by atoms with E-state index in [9.17, 15) is 14.7 Å². The van der Waals surface area contributed by atoms with Crippen LogP contribution in [0.5, 0.6) is 0 Å². The lowest BCUT2D eigenvalue weighted by Gasteiger charge is -2.24. The number of ether oxygens (including phenoxy) is 1. The van der Waals surface area contributed by atoms with Gasteiger partial charge in [0.1, 0.15) is 0 Å². The molecule has 0 spiro atoms. The number of carbonyl (C=O) groups excluding carboxylic acids is 2. The smallest absolute Gasteiger partial charge is 0.227 e. The molecule has 2 aliphatic rings. The number of hydrogen-bond donors (Lipinski definition) is 1. The third-order valence-electron chi connectivity index (χ3n) is 2.90. The maximum atomic E-state index is 11.7. The Morgan fingerprint density at radius 3 is 2.56 bits per heavy atom. The number of aliphatic carboxylic acids is 1. The number of rotatable bonds is 4. The molecule has 5 nitrogen and oxygen atoms in total. The Balaban J connectivity index is 2.13. The van der Waals surface area contributed by atoms with Gasteiger partial charge in [-0.1, -0.05) is 18.2 Å². The second-order valence-electron chi connectivity index (χ2n) is 3.85. The van der Waals surface area contributed by atoms with Crippen LogP contribution in [0.1, 0.15) is 0 Å². The number of fused-ring (bicyclic) bond motifs is 2. The van der Waals surface area contributed by atoms with Crippen LogP contribution < -0.4 is 10.4 Å². The van der Waals surface area contributed by atoms with Crippen molar-refractivity contribution in [2.75, 3.05) is 6.54 Å². The van der Waals surface area contributed by atoms with Gasteiger partial charge in [-0.2, -0.15) is 0 Å². The summed E-state index contributed by atoms with van der Waals surface area (Å²) < 4.78 is 5.34. The summed E-state index contributed by atoms with van der Waals surface area (Å²) in [7, 11) is 0. The Morgan fingerprint density at radius 1 is 1.38 bits per heavy atom. The van der Waals surface area contributed by atoms with E-state index in [1.165, 1.54) is 6.08 Å². The molecule has 1 amide bonds. The van der Waals surface area contributed by atoms with E-state index in [1.807, 2.05) is 0 Å². The van der Waals surface area contributed by atoms with Crippen molar-refractivity contribution >= 4 is 11.9 Å². The van der Waals surface area contributed by atoms with E-state index >= 15 is 0 Å². The van der Waals surface area contributed by atoms with Gasteiger partial charge in [-0.3, -0.25) is 4.79 Å². The fourth-order valence-corrected chi connectivity index (χ4v) is 2.19. The topological polar surface area (TPSA) is 78.5 Å². The van der Waals surface area contributed by atoms with Crippen LogP contribution in [0.2, 0.25) is 0 Å². The lowest BCUT2D eigenvalue weighted by Crippen LogP contribution is -2.47. The Labute approximate surface area is 92.8 Å². The minimum atomic E-state index is -1.24. The van der Waals surface area contributed by atoms with Gasteiger partial charge in [-0.15, -0.1) is 6.58 Å². The lowest BCUT2D eigenvalue weighted by molar-refractivity contribution is -0.313. The van der Waals surface area contributed by atoms with Gasteiger partial charge in [0.05, 0.1) is 18.1 Å². The zero-order valence-corrected chi connectivity index (χ0v) is 8.59. The molecule has 0 aromatic rings. The van der Waals surface area contributed by atoms with Crippen molar-refractivity contribution in [3.8, 4) is 0 Å². The van der Waals surface area contributed by atoms with Crippen LogP contribution in [0.15, 0.2) is 24.8 Å². The van der Waals surface area contributed by atoms with Gasteiger partial charge in [0.25, 0.3) is 0 Å². The second kappa shape index (κ2) is 4.09. The monoisotopic (exact) mass is 222 g/mol. The molecule has 1 saturated heterocycles. The molecular weight excluding hydrogens is 210 g/mol. The molecule has 4 atom stereocenters. The molecule has 0 radical (unpaired) electrons. The van der Waals surface area contributed by atoms with Crippen LogP contribution in [0.4, 0.5) is 0 Å². The molecule has 0 unspecified atom stereocenters. The van der Waals surface area contributed by atoms with Crippen molar-refractivity contribution in [1.82, 2.24) is 5.32 Å². The summed E-state index contributed by atoms with van der Waals surface area (Å²) in [6, 6.07) is 0. The van der Waals surface area contributed by atoms with E-state index in [0.717, 1.165) is 0 Å². The number of amides is 1. The lowest BCUT2D eigenvalue weighted by atomic mass is 9.82. The van der Waals surface area contributed by atoms with E-state index in [0.29, 0.717) is 6.54 Å². The number of nitrogens with one attached hydrogen (secondary N) is 1. The molecule has 2 rings (SSSR count). The van der Waals surface area contributed by atoms with E-state index < -0.39 is 30.0 Å². The van der Waals surface area contributed by atoms with Crippen molar-refractivity contribution in [1.29, 1.82) is 0 Å². The van der Waals surface area contributed by atoms with Crippen LogP contribution in [0.25, 0.3) is 0 Å². The fourth-order valence-electron chi connectivity index (χ4n) is 2.19. The van der Waals surface area contributed by atoms with Gasteiger partial charge < -0.3 is 20.0 Å². The molecule has 2 heterocycles. The number of carboxylic acid groups (broad SMARTS) is 1. The van der Waals surface area contributed by atoms with E-state index in [-0.39, 0.29) is 5.91 Å². The first-order valence-electron chi connectivity index (χ1n) is 5.08. The predicted octanol–water partition coefficient (Wildman–Crippen LogP) is -1.39. The van der Waals surface area contributed by atoms with Gasteiger partial charge in [0, 0.05) is 18.4 Å². The van der Waals surface area contributed by atoms with Gasteiger partial charge in [-0.25, -0.2) is 0 Å². The SMILES string of the molecule is C=CCNC(=O)[C@@H]1[C@@H](C(=O)[O-])[C@H]2C=C[C@@H]1O2. The van der Waals surface area contributed by atoms with Crippen molar-refractivity contribution in [3.63, 3.8) is 0 Å². The molecule has 5 heteroatoms. The third-order valence-corrected chi connectivity index (χ3v) is 2.90. The van der Waals surface area contributed by atoms with E-state index in [2.05, 4.69) is 11.9 Å². The molecule has 16 heavy (non-hydrogen) atoms. The van der Waals surface area contributed by atoms with Gasteiger partial charge in [0.2, 0.25) is 5.91 Å². The molecule has 0 aromatic heterocycles. The van der Waals surface area contributed by atoms with Gasteiger partial charge in [0.15, 0.2) is 0 Å². The highest BCUT2D eigenvalue weighted by molar-refractivity contribution is 5.86. The van der Waals surface area contributed by atoms with Crippen LogP contribution in [0, 0.1) is 11.8 Å². The van der Waals surface area contributed by atoms with Crippen molar-refractivity contribution in [2.45, 2.75) is 12.2 Å². The highest BCUT2D eigenvalue weighted by atomic mass is 16.5. The highest BCUT2D eigenvalue weighted by Gasteiger charge is 2.49. The number of carbonyl (C=O) groups is 2. The Hall–Kier alpha value is -1.62. The molecule has 2 aliphatic heterocycles. The van der Waals surface area contributed by atoms with Gasteiger partial charge in [-0.05, 0) is 0 Å². The maximum Gasteiger partial charge on any atom is 0.227 e. The first kappa shape index (κ1) is 10.9. The first-order valence-corrected chi connectivity index (χ1v) is 5.08. The van der Waals surface area contributed by atoms with Crippen LogP contribution >= 0.6 is 0 Å². The molecule has 1 N–H and O–H groups in total. The average molecular weight is 222 g/mol. The molecule has 0 aromatic carbocycles. The Bertz CT molecular complexity index is 363. The molecule has 0 aliphatic carbocycles. The summed E-state index contributed by atoms with van der Waals surface area (Å²) in [4.78, 5) is 22.7. The van der Waals surface area contributed by atoms with Crippen molar-refractivity contribution in [3.05, 3.63) is 24.8 Å². The van der Waals surface area contributed by atoms with Crippen LogP contribution in [-0.4, -0.2) is 30.6 Å². The zero-order chi connectivity index (χ0) is 11.7. The standard InChI is InChI=1S/C11H13NO4/c1-2-5-12-10(13)8-6-3-4-7(16-6)9(8)11(14)15/h2-4,6-9H,1,5H2,(H,12,13)(H,14,15)/p-1/t6-,7+,8-,9-/m0/s1. The van der Waals surface area contributed by atoms with Crippen LogP contribution in [0.3, 0.4) is 0 Å². The summed E-state index contributed by atoms with van der Waals surface area (Å²) in [6.45, 7) is 3.79. The molecular formula is C11H12NO4-. The van der Waals surface area contributed by atoms with Crippen LogP contribution in [-0.2, 0) is 14.3 Å². The Kier molecular flexibility index (Phi) is 2.78. The summed E-state index contributed by atoms with van der Waals surface area (Å²) in [5, 5.41) is 13.5. The quantitative estimate of drug-likeness (QED) is 0.594. The predicted molar refractivity (Wildman–Crippen MR) is 53.0 cm³/mol. The summed E-state index contributed by atoms with van der Waals surface area (Å²) >= 11 is 0. The van der Waals surface area contributed by atoms with Gasteiger partial charge >= 0.3 is 0 Å². The minimum Gasteiger partial charge on any atom is -0.550 e. The number of hydrogen-bond acceptors (Lipinski definition) is 4. The highest BCUT2D eigenvalue weighted by Crippen LogP contribution is 2.38. The molecule has 0 saturated carbocycles. The van der Waals surface area contributed by atoms with Crippen molar-refractivity contribution < 1.29 is 19.4 Å². The third kappa shape index (κ3) is 1.63. The summed E-state index contributed by atoms with van der Waals surface area (Å²) in [5.74, 6) is -3.15. The minimum absolute atomic E-state index is 0.316. The number of carboxylic acids is 1. The average Bonchev–Trinajstić information content (AvgIpc) is 2.84. The summed E-state index contributed by atoms with van der Waals surface area (Å²) in [5.41, 5.74) is 0. The largest absolute Gasteiger partial charge is 0.550 e. The van der Waals surface area contributed by atoms with Crippen molar-refractivity contribution in [2.24, 2.45) is 11.8 Å². The first-order chi connectivity index (χ1) is 7.65. The van der Waals surface area contributed by atoms with E-state index in [4.69, 9.17) is 4.74 Å². The zero-order valence-electron chi connectivity index (χ0n) is 8.59. The normalized spacial score (nSPS) is 35.0. The Morgan fingerprint density at radius 2 is 2.00 bits per heavy atom. The molecule has 1 fully saturated rings. The maximum absolute atomic E-state index is 11.7. The fraction of sp³-hybridized carbons (Fsp3) is 0.455. The summed E-state index contributed by atoms with van der Waals surface area (Å²) in [6.07, 6.45) is 3.95. The van der Waals surface area contributed by atoms with E-state index in [1.54, 1.807) is 12.2 Å². The second-order valence-corrected chi connectivity index (χ2v) is 3.85.